The number of nitrogens with two attached hydrogens (primary N) is 1. The molecule has 1 fully saturated rings. The van der Waals surface area contributed by atoms with Gasteiger partial charge in [-0.2, -0.15) is 0 Å². The number of anilines is 1. The number of amides is 1. The summed E-state index contributed by atoms with van der Waals surface area (Å²) in [4.78, 5) is 13.9. The fraction of sp³-hybridized carbons (Fsp3) is 0.588. The molecule has 2 N–H and O–H groups in total. The van der Waals surface area contributed by atoms with Crippen LogP contribution in [0.1, 0.15) is 33.6 Å². The van der Waals surface area contributed by atoms with E-state index in [9.17, 15) is 4.79 Å². The molecular formula is C17H25ClN2O3. The van der Waals surface area contributed by atoms with Gasteiger partial charge in [-0.3, -0.25) is 0 Å². The van der Waals surface area contributed by atoms with Crippen LogP contribution >= 0.6 is 11.6 Å². The minimum Gasteiger partial charge on any atom is -0.493 e. The molecule has 1 atom stereocenters. The van der Waals surface area contributed by atoms with E-state index in [1.807, 2.05) is 20.8 Å². The summed E-state index contributed by atoms with van der Waals surface area (Å²) in [6, 6.07) is 5.24. The molecule has 6 heteroatoms. The summed E-state index contributed by atoms with van der Waals surface area (Å²) < 4.78 is 11.2. The van der Waals surface area contributed by atoms with Crippen LogP contribution in [0.2, 0.25) is 5.02 Å². The Bertz CT molecular complexity index is 557. The van der Waals surface area contributed by atoms with E-state index >= 15 is 0 Å². The number of likely N-dealkylation sites (tertiary alicyclic amines) is 1. The van der Waals surface area contributed by atoms with E-state index in [0.29, 0.717) is 29.6 Å². The first-order valence-electron chi connectivity index (χ1n) is 7.90. The Morgan fingerprint density at radius 3 is 2.83 bits per heavy atom. The molecule has 1 heterocycles. The number of nitrogens with zero attached hydrogens (tertiary/aromatic N) is 1. The zero-order valence-electron chi connectivity index (χ0n) is 14.0. The van der Waals surface area contributed by atoms with Crippen LogP contribution in [0.3, 0.4) is 0 Å². The Balaban J connectivity index is 1.86. The lowest BCUT2D eigenvalue weighted by Crippen LogP contribution is -2.44. The van der Waals surface area contributed by atoms with Crippen LogP contribution in [0, 0.1) is 5.92 Å². The van der Waals surface area contributed by atoms with Gasteiger partial charge < -0.3 is 20.1 Å². The molecule has 1 aliphatic heterocycles. The van der Waals surface area contributed by atoms with Crippen LogP contribution in [0.25, 0.3) is 0 Å². The number of carbonyl (C=O) groups excluding carboxylic acids is 1. The number of nitrogen functional groups attached to an aromatic ring is 1. The van der Waals surface area contributed by atoms with Crippen molar-refractivity contribution in [1.82, 2.24) is 4.90 Å². The minimum absolute atomic E-state index is 0.252. The van der Waals surface area contributed by atoms with Gasteiger partial charge in [-0.1, -0.05) is 11.6 Å². The van der Waals surface area contributed by atoms with Crippen LogP contribution < -0.4 is 10.5 Å². The van der Waals surface area contributed by atoms with Crippen molar-refractivity contribution in [3.8, 4) is 5.75 Å². The number of benzene rings is 1. The second kappa shape index (κ2) is 7.30. The Morgan fingerprint density at radius 1 is 1.43 bits per heavy atom. The maximum absolute atomic E-state index is 12.1. The van der Waals surface area contributed by atoms with Gasteiger partial charge >= 0.3 is 6.09 Å². The number of piperidine rings is 1. The van der Waals surface area contributed by atoms with Crippen molar-refractivity contribution in [1.29, 1.82) is 0 Å². The van der Waals surface area contributed by atoms with Gasteiger partial charge in [0, 0.05) is 25.1 Å². The monoisotopic (exact) mass is 340 g/mol. The highest BCUT2D eigenvalue weighted by Gasteiger charge is 2.27. The van der Waals surface area contributed by atoms with Crippen molar-refractivity contribution >= 4 is 23.4 Å². The fourth-order valence-electron chi connectivity index (χ4n) is 2.51. The van der Waals surface area contributed by atoms with Crippen LogP contribution in [0.4, 0.5) is 10.5 Å². The molecule has 0 bridgehead atoms. The molecule has 0 aromatic heterocycles. The lowest BCUT2D eigenvalue weighted by molar-refractivity contribution is 0.0139. The fourth-order valence-corrected chi connectivity index (χ4v) is 2.68. The molecule has 0 saturated carbocycles. The number of hydrogen-bond donors (Lipinski definition) is 1. The smallest absolute Gasteiger partial charge is 0.410 e. The SMILES string of the molecule is CC(C)(C)OC(=O)N1CCCC(COc2ccc(N)c(Cl)c2)C1. The molecule has 5 nitrogen and oxygen atoms in total. The van der Waals surface area contributed by atoms with Crippen LogP contribution in [-0.4, -0.2) is 36.3 Å². The highest BCUT2D eigenvalue weighted by Crippen LogP contribution is 2.26. The first-order valence-corrected chi connectivity index (χ1v) is 8.28. The van der Waals surface area contributed by atoms with Gasteiger partial charge in [-0.05, 0) is 45.7 Å². The van der Waals surface area contributed by atoms with Crippen LogP contribution in [-0.2, 0) is 4.74 Å². The van der Waals surface area contributed by atoms with Gasteiger partial charge in [-0.25, -0.2) is 4.79 Å². The number of hydrogen-bond acceptors (Lipinski definition) is 4. The third kappa shape index (κ3) is 5.50. The van der Waals surface area contributed by atoms with E-state index in [4.69, 9.17) is 26.8 Å². The van der Waals surface area contributed by atoms with Gasteiger partial charge in [0.2, 0.25) is 0 Å². The predicted octanol–water partition coefficient (Wildman–Crippen LogP) is 3.95. The molecule has 0 aliphatic carbocycles. The summed E-state index contributed by atoms with van der Waals surface area (Å²) in [6.07, 6.45) is 1.73. The normalized spacial score (nSPS) is 18.6. The second-order valence-electron chi connectivity index (χ2n) is 6.93. The van der Waals surface area contributed by atoms with Crippen molar-refractivity contribution in [3.63, 3.8) is 0 Å². The van der Waals surface area contributed by atoms with Crippen molar-refractivity contribution in [2.24, 2.45) is 5.92 Å². The lowest BCUT2D eigenvalue weighted by atomic mass is 9.99. The summed E-state index contributed by atoms with van der Waals surface area (Å²) >= 11 is 5.99. The van der Waals surface area contributed by atoms with Crippen molar-refractivity contribution in [2.45, 2.75) is 39.2 Å². The first-order chi connectivity index (χ1) is 10.7. The van der Waals surface area contributed by atoms with Crippen molar-refractivity contribution < 1.29 is 14.3 Å². The van der Waals surface area contributed by atoms with Crippen molar-refractivity contribution in [2.75, 3.05) is 25.4 Å². The van der Waals surface area contributed by atoms with E-state index in [1.54, 1.807) is 23.1 Å². The van der Waals surface area contributed by atoms with E-state index in [-0.39, 0.29) is 12.0 Å². The number of halogens is 1. The third-order valence-corrected chi connectivity index (χ3v) is 3.96. The number of carbonyl (C=O) groups is 1. The predicted molar refractivity (Wildman–Crippen MR) is 91.9 cm³/mol. The van der Waals surface area contributed by atoms with E-state index in [1.165, 1.54) is 0 Å². The molecule has 1 saturated heterocycles. The maximum atomic E-state index is 12.1. The Kier molecular flexibility index (Phi) is 5.63. The van der Waals surface area contributed by atoms with Gasteiger partial charge in [0.1, 0.15) is 11.4 Å². The van der Waals surface area contributed by atoms with E-state index in [0.717, 1.165) is 19.4 Å². The summed E-state index contributed by atoms with van der Waals surface area (Å²) in [6.45, 7) is 7.55. The molecule has 128 valence electrons. The molecule has 2 rings (SSSR count). The minimum atomic E-state index is -0.471. The highest BCUT2D eigenvalue weighted by atomic mass is 35.5. The van der Waals surface area contributed by atoms with Gasteiger partial charge in [0.15, 0.2) is 0 Å². The number of rotatable bonds is 3. The summed E-state index contributed by atoms with van der Waals surface area (Å²) in [7, 11) is 0. The molecule has 0 radical (unpaired) electrons. The Hall–Kier alpha value is -1.62. The zero-order valence-corrected chi connectivity index (χ0v) is 14.7. The largest absolute Gasteiger partial charge is 0.493 e. The molecule has 0 spiro atoms. The van der Waals surface area contributed by atoms with Crippen LogP contribution in [0.15, 0.2) is 18.2 Å². The topological polar surface area (TPSA) is 64.8 Å². The molecule has 1 unspecified atom stereocenters. The highest BCUT2D eigenvalue weighted by molar-refractivity contribution is 6.33. The standard InChI is InChI=1S/C17H25ClN2O3/c1-17(2,3)23-16(21)20-8-4-5-12(10-20)11-22-13-6-7-15(19)14(18)9-13/h6-7,9,12H,4-5,8,10-11,19H2,1-3H3. The maximum Gasteiger partial charge on any atom is 0.410 e. The first kappa shape index (κ1) is 17.7. The Labute approximate surface area is 142 Å². The lowest BCUT2D eigenvalue weighted by Gasteiger charge is -2.34. The van der Waals surface area contributed by atoms with Gasteiger partial charge in [-0.15, -0.1) is 0 Å². The average Bonchev–Trinajstić information content (AvgIpc) is 2.47. The van der Waals surface area contributed by atoms with Crippen molar-refractivity contribution in [3.05, 3.63) is 23.2 Å². The molecular weight excluding hydrogens is 316 g/mol. The van der Waals surface area contributed by atoms with Crippen LogP contribution in [0.5, 0.6) is 5.75 Å². The van der Waals surface area contributed by atoms with E-state index < -0.39 is 5.60 Å². The van der Waals surface area contributed by atoms with E-state index in [2.05, 4.69) is 0 Å². The number of ether oxygens (including phenoxy) is 2. The molecule has 1 aromatic carbocycles. The third-order valence-electron chi connectivity index (χ3n) is 3.63. The summed E-state index contributed by atoms with van der Waals surface area (Å²) in [5.41, 5.74) is 5.75. The molecule has 1 aromatic rings. The molecule has 1 amide bonds. The quantitative estimate of drug-likeness (QED) is 0.846. The zero-order chi connectivity index (χ0) is 17.0. The van der Waals surface area contributed by atoms with Gasteiger partial charge in [0.25, 0.3) is 0 Å². The second-order valence-corrected chi connectivity index (χ2v) is 7.34. The molecule has 23 heavy (non-hydrogen) atoms. The summed E-state index contributed by atoms with van der Waals surface area (Å²) in [5.74, 6) is 0.978. The summed E-state index contributed by atoms with van der Waals surface area (Å²) in [5, 5.41) is 0.488. The Morgan fingerprint density at radius 2 is 2.17 bits per heavy atom. The molecule has 1 aliphatic rings. The average molecular weight is 341 g/mol. The van der Waals surface area contributed by atoms with Gasteiger partial charge in [0.05, 0.1) is 17.3 Å².